The van der Waals surface area contributed by atoms with E-state index in [1.165, 1.54) is 7.05 Å². The average Bonchev–Trinajstić information content (AvgIpc) is 2.47. The molecule has 7 heteroatoms. The van der Waals surface area contributed by atoms with E-state index in [9.17, 15) is 13.2 Å². The number of rotatable bonds is 4. The van der Waals surface area contributed by atoms with Crippen molar-refractivity contribution in [1.29, 1.82) is 0 Å². The van der Waals surface area contributed by atoms with Crippen molar-refractivity contribution in [2.45, 2.75) is 17.7 Å². The van der Waals surface area contributed by atoms with Crippen LogP contribution in [0.3, 0.4) is 0 Å². The Hall–Kier alpha value is -1.60. The van der Waals surface area contributed by atoms with Gasteiger partial charge in [0.05, 0.1) is 11.6 Å². The third kappa shape index (κ3) is 2.94. The molecule has 1 fully saturated rings. The van der Waals surface area contributed by atoms with Gasteiger partial charge in [-0.15, -0.1) is 0 Å². The number of hydrogen-bond donors (Lipinski definition) is 2. The summed E-state index contributed by atoms with van der Waals surface area (Å²) in [5, 5.41) is 8.99. The van der Waals surface area contributed by atoms with Gasteiger partial charge < -0.3 is 10.0 Å². The van der Waals surface area contributed by atoms with Crippen LogP contribution in [-0.2, 0) is 14.8 Å². The highest BCUT2D eigenvalue weighted by Crippen LogP contribution is 2.29. The largest absolute Gasteiger partial charge is 0.481 e. The van der Waals surface area contributed by atoms with Crippen LogP contribution in [0.5, 0.6) is 0 Å². The third-order valence-corrected chi connectivity index (χ3v) is 5.07. The quantitative estimate of drug-likeness (QED) is 0.862. The molecule has 2 rings (SSSR count). The minimum atomic E-state index is -3.52. The number of anilines is 1. The van der Waals surface area contributed by atoms with Crippen LogP contribution < -0.4 is 9.62 Å². The smallest absolute Gasteiger partial charge is 0.306 e. The van der Waals surface area contributed by atoms with E-state index in [1.807, 2.05) is 4.90 Å². The number of piperidine rings is 1. The normalized spacial score (nSPS) is 17.1. The number of sulfonamides is 1. The maximum atomic E-state index is 12.0. The molecule has 1 aromatic rings. The van der Waals surface area contributed by atoms with Gasteiger partial charge in [-0.2, -0.15) is 0 Å². The van der Waals surface area contributed by atoms with Gasteiger partial charge >= 0.3 is 5.97 Å². The van der Waals surface area contributed by atoms with Gasteiger partial charge in [-0.3, -0.25) is 4.79 Å². The summed E-state index contributed by atoms with van der Waals surface area (Å²) in [6.45, 7) is 1.10. The second-order valence-corrected chi connectivity index (χ2v) is 6.63. The van der Waals surface area contributed by atoms with E-state index < -0.39 is 16.0 Å². The summed E-state index contributed by atoms with van der Waals surface area (Å²) in [5.41, 5.74) is 0.630. The standard InChI is InChI=1S/C13H18N2O4S/c1-14-20(18,19)12-5-3-2-4-11(12)15-8-6-10(7-9-15)13(16)17/h2-5,10,14H,6-9H2,1H3,(H,16,17). The van der Waals surface area contributed by atoms with Crippen molar-refractivity contribution in [2.75, 3.05) is 25.0 Å². The van der Waals surface area contributed by atoms with Crippen molar-refractivity contribution in [2.24, 2.45) is 5.92 Å². The number of carboxylic acid groups (broad SMARTS) is 1. The summed E-state index contributed by atoms with van der Waals surface area (Å²) < 4.78 is 26.3. The van der Waals surface area contributed by atoms with Crippen molar-refractivity contribution in [3.8, 4) is 0 Å². The number of carboxylic acids is 1. The lowest BCUT2D eigenvalue weighted by Crippen LogP contribution is -2.37. The third-order valence-electron chi connectivity index (χ3n) is 3.61. The molecule has 0 bridgehead atoms. The highest BCUT2D eigenvalue weighted by Gasteiger charge is 2.27. The van der Waals surface area contributed by atoms with Crippen LogP contribution in [0.1, 0.15) is 12.8 Å². The van der Waals surface area contributed by atoms with Crippen molar-refractivity contribution in [3.05, 3.63) is 24.3 Å². The van der Waals surface area contributed by atoms with E-state index in [4.69, 9.17) is 5.11 Å². The first-order valence-electron chi connectivity index (χ1n) is 6.46. The Bertz CT molecular complexity index is 592. The van der Waals surface area contributed by atoms with E-state index in [1.54, 1.807) is 24.3 Å². The van der Waals surface area contributed by atoms with Crippen LogP contribution in [0.25, 0.3) is 0 Å². The zero-order chi connectivity index (χ0) is 14.8. The van der Waals surface area contributed by atoms with Gasteiger partial charge in [0.2, 0.25) is 10.0 Å². The van der Waals surface area contributed by atoms with E-state index in [-0.39, 0.29) is 10.8 Å². The monoisotopic (exact) mass is 298 g/mol. The zero-order valence-electron chi connectivity index (χ0n) is 11.2. The van der Waals surface area contributed by atoms with Crippen LogP contribution in [0.4, 0.5) is 5.69 Å². The van der Waals surface area contributed by atoms with Crippen molar-refractivity contribution >= 4 is 21.7 Å². The van der Waals surface area contributed by atoms with Crippen LogP contribution in [0.15, 0.2) is 29.2 Å². The van der Waals surface area contributed by atoms with Gasteiger partial charge in [-0.25, -0.2) is 13.1 Å². The second-order valence-electron chi connectivity index (χ2n) is 4.77. The van der Waals surface area contributed by atoms with Gasteiger partial charge in [0.25, 0.3) is 0 Å². The number of carbonyl (C=O) groups is 1. The van der Waals surface area contributed by atoms with Gasteiger partial charge in [-0.05, 0) is 32.0 Å². The molecule has 110 valence electrons. The van der Waals surface area contributed by atoms with Crippen molar-refractivity contribution < 1.29 is 18.3 Å². The topological polar surface area (TPSA) is 86.7 Å². The molecule has 0 spiro atoms. The van der Waals surface area contributed by atoms with Crippen LogP contribution in [0.2, 0.25) is 0 Å². The molecule has 20 heavy (non-hydrogen) atoms. The molecule has 1 aliphatic rings. The lowest BCUT2D eigenvalue weighted by molar-refractivity contribution is -0.142. The van der Waals surface area contributed by atoms with E-state index in [0.717, 1.165) is 0 Å². The number of hydrogen-bond acceptors (Lipinski definition) is 4. The molecule has 2 N–H and O–H groups in total. The maximum absolute atomic E-state index is 12.0. The fraction of sp³-hybridized carbons (Fsp3) is 0.462. The molecule has 1 aromatic carbocycles. The molecule has 0 saturated carbocycles. The minimum Gasteiger partial charge on any atom is -0.481 e. The molecule has 0 amide bonds. The zero-order valence-corrected chi connectivity index (χ0v) is 12.1. The van der Waals surface area contributed by atoms with Crippen molar-refractivity contribution in [3.63, 3.8) is 0 Å². The molecule has 0 aromatic heterocycles. The predicted molar refractivity (Wildman–Crippen MR) is 75.3 cm³/mol. The van der Waals surface area contributed by atoms with Crippen LogP contribution in [0, 0.1) is 5.92 Å². The number of aliphatic carboxylic acids is 1. The molecule has 1 aliphatic heterocycles. The number of para-hydroxylation sites is 1. The average molecular weight is 298 g/mol. The molecule has 0 aliphatic carbocycles. The molecule has 1 saturated heterocycles. The van der Waals surface area contributed by atoms with Crippen LogP contribution in [-0.4, -0.2) is 39.6 Å². The number of nitrogens with zero attached hydrogens (tertiary/aromatic N) is 1. The van der Waals surface area contributed by atoms with Crippen LogP contribution >= 0.6 is 0 Å². The summed E-state index contributed by atoms with van der Waals surface area (Å²) in [5.74, 6) is -1.11. The first-order valence-corrected chi connectivity index (χ1v) is 7.94. The summed E-state index contributed by atoms with van der Waals surface area (Å²) >= 11 is 0. The highest BCUT2D eigenvalue weighted by atomic mass is 32.2. The molecule has 0 atom stereocenters. The molecule has 6 nitrogen and oxygen atoms in total. The lowest BCUT2D eigenvalue weighted by atomic mass is 9.97. The van der Waals surface area contributed by atoms with Gasteiger partial charge in [0.1, 0.15) is 4.90 Å². The summed E-state index contributed by atoms with van der Waals surface area (Å²) in [6.07, 6.45) is 1.06. The number of nitrogens with one attached hydrogen (secondary N) is 1. The Morgan fingerprint density at radius 1 is 1.30 bits per heavy atom. The fourth-order valence-corrected chi connectivity index (χ4v) is 3.37. The SMILES string of the molecule is CNS(=O)(=O)c1ccccc1N1CCC(C(=O)O)CC1. The highest BCUT2D eigenvalue weighted by molar-refractivity contribution is 7.89. The molecule has 1 heterocycles. The first-order chi connectivity index (χ1) is 9.45. The van der Waals surface area contributed by atoms with E-state index >= 15 is 0 Å². The van der Waals surface area contributed by atoms with Crippen molar-refractivity contribution in [1.82, 2.24) is 4.72 Å². The first kappa shape index (κ1) is 14.8. The Morgan fingerprint density at radius 2 is 1.90 bits per heavy atom. The summed E-state index contributed by atoms with van der Waals surface area (Å²) in [7, 11) is -2.14. The fourth-order valence-electron chi connectivity index (χ4n) is 2.42. The second kappa shape index (κ2) is 5.80. The van der Waals surface area contributed by atoms with E-state index in [2.05, 4.69) is 4.72 Å². The van der Waals surface area contributed by atoms with Gasteiger partial charge in [0, 0.05) is 13.1 Å². The van der Waals surface area contributed by atoms with Gasteiger partial charge in [-0.1, -0.05) is 12.1 Å². The maximum Gasteiger partial charge on any atom is 0.306 e. The Morgan fingerprint density at radius 3 is 2.45 bits per heavy atom. The summed E-state index contributed by atoms with van der Waals surface area (Å²) in [6, 6.07) is 6.78. The molecular formula is C13H18N2O4S. The van der Waals surface area contributed by atoms with Gasteiger partial charge in [0.15, 0.2) is 0 Å². The predicted octanol–water partition coefficient (Wildman–Crippen LogP) is 0.896. The van der Waals surface area contributed by atoms with E-state index in [0.29, 0.717) is 31.6 Å². The Balaban J connectivity index is 2.25. The molecular weight excluding hydrogens is 280 g/mol. The minimum absolute atomic E-state index is 0.233. The molecule has 0 unspecified atom stereocenters. The summed E-state index contributed by atoms with van der Waals surface area (Å²) in [4.78, 5) is 13.1. The number of benzene rings is 1. The lowest BCUT2D eigenvalue weighted by Gasteiger charge is -2.33. The Kier molecular flexibility index (Phi) is 4.29. The Labute approximate surface area is 118 Å². The molecule has 0 radical (unpaired) electrons.